The molecule has 0 saturated heterocycles. The Morgan fingerprint density at radius 2 is 1.63 bits per heavy atom. The van der Waals surface area contributed by atoms with Gasteiger partial charge in [-0.25, -0.2) is 0 Å². The first kappa shape index (κ1) is 15.8. The normalized spacial score (nSPS) is 20.6. The fraction of sp³-hybridized carbons (Fsp3) is 0.130. The molecule has 2 unspecified atom stereocenters. The molecular formula is C23H18N2O2. The van der Waals surface area contributed by atoms with Gasteiger partial charge in [-0.15, -0.1) is 0 Å². The van der Waals surface area contributed by atoms with Crippen molar-refractivity contribution in [3.05, 3.63) is 95.6 Å². The highest BCUT2D eigenvalue weighted by molar-refractivity contribution is 6.15. The highest BCUT2D eigenvalue weighted by atomic mass is 16.5. The molecule has 0 fully saturated rings. The van der Waals surface area contributed by atoms with Crippen molar-refractivity contribution >= 4 is 17.4 Å². The Hall–Kier alpha value is -3.40. The molecule has 2 heterocycles. The summed E-state index contributed by atoms with van der Waals surface area (Å²) in [6, 6.07) is 25.6. The van der Waals surface area contributed by atoms with Gasteiger partial charge < -0.3 is 4.74 Å². The fourth-order valence-electron chi connectivity index (χ4n) is 3.89. The van der Waals surface area contributed by atoms with E-state index in [9.17, 15) is 4.79 Å². The molecule has 0 spiro atoms. The zero-order valence-electron chi connectivity index (χ0n) is 14.9. The van der Waals surface area contributed by atoms with Crippen LogP contribution in [-0.4, -0.2) is 11.7 Å². The predicted molar refractivity (Wildman–Crippen MR) is 105 cm³/mol. The number of para-hydroxylation sites is 1. The summed E-state index contributed by atoms with van der Waals surface area (Å²) >= 11 is 0. The minimum absolute atomic E-state index is 0.209. The Morgan fingerprint density at radius 3 is 2.37 bits per heavy atom. The molecule has 3 aromatic rings. The second-order valence-corrected chi connectivity index (χ2v) is 6.92. The van der Waals surface area contributed by atoms with Gasteiger partial charge in [0.05, 0.1) is 11.4 Å². The molecule has 3 aromatic carbocycles. The number of carbonyl (C=O) groups excluding carboxylic acids is 1. The second kappa shape index (κ2) is 6.09. The molecule has 2 aliphatic rings. The van der Waals surface area contributed by atoms with E-state index in [4.69, 9.17) is 9.84 Å². The van der Waals surface area contributed by atoms with E-state index in [1.165, 1.54) is 0 Å². The van der Waals surface area contributed by atoms with Crippen LogP contribution in [0.2, 0.25) is 0 Å². The highest BCUT2D eigenvalue weighted by Gasteiger charge is 2.49. The van der Waals surface area contributed by atoms with Gasteiger partial charge in [0.15, 0.2) is 0 Å². The summed E-state index contributed by atoms with van der Waals surface area (Å²) in [5.41, 5.74) is 4.78. The number of ether oxygens (including phenoxy) is 1. The first-order valence-electron chi connectivity index (χ1n) is 9.03. The lowest BCUT2D eigenvalue weighted by molar-refractivity contribution is -0.138. The van der Waals surface area contributed by atoms with E-state index < -0.39 is 5.92 Å². The lowest BCUT2D eigenvalue weighted by atomic mass is 9.84. The third-order valence-corrected chi connectivity index (χ3v) is 5.13. The van der Waals surface area contributed by atoms with Gasteiger partial charge in [-0.1, -0.05) is 66.2 Å². The Balaban J connectivity index is 1.72. The average Bonchev–Trinajstić information content (AvgIpc) is 3.12. The van der Waals surface area contributed by atoms with E-state index in [-0.39, 0.29) is 12.0 Å². The molecule has 4 nitrogen and oxygen atoms in total. The van der Waals surface area contributed by atoms with Crippen LogP contribution in [0.4, 0.5) is 5.69 Å². The maximum absolute atomic E-state index is 13.0. The van der Waals surface area contributed by atoms with E-state index >= 15 is 0 Å². The molecule has 132 valence electrons. The number of esters is 1. The van der Waals surface area contributed by atoms with Gasteiger partial charge in [-0.3, -0.25) is 9.80 Å². The van der Waals surface area contributed by atoms with E-state index in [0.717, 1.165) is 28.1 Å². The molecule has 27 heavy (non-hydrogen) atoms. The topological polar surface area (TPSA) is 41.9 Å². The zero-order chi connectivity index (χ0) is 18.4. The molecular weight excluding hydrogens is 336 g/mol. The smallest absolute Gasteiger partial charge is 0.323 e. The molecule has 0 amide bonds. The third-order valence-electron chi connectivity index (χ3n) is 5.13. The summed E-state index contributed by atoms with van der Waals surface area (Å²) in [5.74, 6) is -0.0865. The van der Waals surface area contributed by atoms with E-state index in [1.54, 1.807) is 0 Å². The zero-order valence-corrected chi connectivity index (χ0v) is 14.9. The first-order chi connectivity index (χ1) is 13.2. The van der Waals surface area contributed by atoms with Gasteiger partial charge in [0, 0.05) is 5.56 Å². The van der Waals surface area contributed by atoms with Crippen LogP contribution in [0.15, 0.2) is 84.0 Å². The minimum atomic E-state index is -0.457. The van der Waals surface area contributed by atoms with E-state index in [0.29, 0.717) is 5.75 Å². The number of fused-ring (bicyclic) bond motifs is 3. The largest absolute Gasteiger partial charge is 0.426 e. The maximum atomic E-state index is 13.0. The number of benzene rings is 3. The summed E-state index contributed by atoms with van der Waals surface area (Å²) in [7, 11) is 0. The molecule has 5 rings (SSSR count). The van der Waals surface area contributed by atoms with Crippen molar-refractivity contribution in [2.75, 3.05) is 5.01 Å². The average molecular weight is 354 g/mol. The summed E-state index contributed by atoms with van der Waals surface area (Å²) in [6.07, 6.45) is 0. The fourth-order valence-corrected chi connectivity index (χ4v) is 3.89. The SMILES string of the molecule is Cc1ccc2c(c1)C1C(C(=O)O2)C(c2ccccc2)=NN1c1ccccc1. The predicted octanol–water partition coefficient (Wildman–Crippen LogP) is 4.50. The molecule has 0 aliphatic carbocycles. The van der Waals surface area contributed by atoms with Crippen molar-refractivity contribution in [1.29, 1.82) is 0 Å². The van der Waals surface area contributed by atoms with Crippen molar-refractivity contribution in [3.63, 3.8) is 0 Å². The van der Waals surface area contributed by atoms with Crippen LogP contribution in [-0.2, 0) is 4.79 Å². The van der Waals surface area contributed by atoms with Gasteiger partial charge in [-0.2, -0.15) is 5.10 Å². The Bertz CT molecular complexity index is 1040. The van der Waals surface area contributed by atoms with Crippen LogP contribution in [0.1, 0.15) is 22.7 Å². The van der Waals surface area contributed by atoms with E-state index in [2.05, 4.69) is 6.07 Å². The number of aryl methyl sites for hydroxylation is 1. The standard InChI is InChI=1S/C23H18N2O2/c1-15-12-13-19-18(14-15)22-20(23(26)27-19)21(16-8-4-2-5-9-16)24-25(22)17-10-6-3-7-11-17/h2-14,20,22H,1H3. The third kappa shape index (κ3) is 2.53. The molecule has 2 atom stereocenters. The summed E-state index contributed by atoms with van der Waals surface area (Å²) in [6.45, 7) is 2.05. The number of anilines is 1. The number of hydrazone groups is 1. The van der Waals surface area contributed by atoms with Crippen molar-refractivity contribution in [2.24, 2.45) is 11.0 Å². The van der Waals surface area contributed by atoms with Crippen LogP contribution in [0.25, 0.3) is 0 Å². The molecule has 0 radical (unpaired) electrons. The van der Waals surface area contributed by atoms with Gasteiger partial charge in [0.2, 0.25) is 0 Å². The Labute approximate surface area is 157 Å². The molecule has 0 bridgehead atoms. The summed E-state index contributed by atoms with van der Waals surface area (Å²) in [5, 5.41) is 6.87. The van der Waals surface area contributed by atoms with Crippen LogP contribution >= 0.6 is 0 Å². The van der Waals surface area contributed by atoms with Crippen molar-refractivity contribution in [2.45, 2.75) is 13.0 Å². The van der Waals surface area contributed by atoms with Crippen molar-refractivity contribution in [1.82, 2.24) is 0 Å². The molecule has 2 aliphatic heterocycles. The quantitative estimate of drug-likeness (QED) is 0.503. The van der Waals surface area contributed by atoms with Crippen LogP contribution in [0, 0.1) is 12.8 Å². The highest BCUT2D eigenvalue weighted by Crippen LogP contribution is 2.47. The minimum Gasteiger partial charge on any atom is -0.426 e. The summed E-state index contributed by atoms with van der Waals surface area (Å²) in [4.78, 5) is 13.0. The first-order valence-corrected chi connectivity index (χ1v) is 9.03. The van der Waals surface area contributed by atoms with Crippen LogP contribution in [0.3, 0.4) is 0 Å². The van der Waals surface area contributed by atoms with Gasteiger partial charge >= 0.3 is 5.97 Å². The van der Waals surface area contributed by atoms with Gasteiger partial charge in [-0.05, 0) is 30.7 Å². The van der Waals surface area contributed by atoms with Gasteiger partial charge in [0.25, 0.3) is 0 Å². The second-order valence-electron chi connectivity index (χ2n) is 6.92. The number of rotatable bonds is 2. The molecule has 0 N–H and O–H groups in total. The van der Waals surface area contributed by atoms with Crippen LogP contribution < -0.4 is 9.75 Å². The molecule has 0 saturated carbocycles. The Morgan fingerprint density at radius 1 is 0.926 bits per heavy atom. The van der Waals surface area contributed by atoms with Crippen molar-refractivity contribution < 1.29 is 9.53 Å². The maximum Gasteiger partial charge on any atom is 0.323 e. The van der Waals surface area contributed by atoms with E-state index in [1.807, 2.05) is 84.7 Å². The summed E-state index contributed by atoms with van der Waals surface area (Å²) < 4.78 is 5.69. The molecule has 0 aromatic heterocycles. The number of hydrogen-bond acceptors (Lipinski definition) is 4. The molecule has 4 heteroatoms. The lowest BCUT2D eigenvalue weighted by Gasteiger charge is -2.32. The Kier molecular flexibility index (Phi) is 3.57. The van der Waals surface area contributed by atoms with Gasteiger partial charge in [0.1, 0.15) is 17.7 Å². The van der Waals surface area contributed by atoms with Crippen molar-refractivity contribution in [3.8, 4) is 5.75 Å². The number of carbonyl (C=O) groups is 1. The monoisotopic (exact) mass is 354 g/mol. The lowest BCUT2D eigenvalue weighted by Crippen LogP contribution is -2.38. The van der Waals surface area contributed by atoms with Crippen LogP contribution in [0.5, 0.6) is 5.75 Å². The number of hydrogen-bond donors (Lipinski definition) is 0. The number of nitrogens with zero attached hydrogens (tertiary/aromatic N) is 2.